The number of hydrogen-bond acceptors (Lipinski definition) is 5. The summed E-state index contributed by atoms with van der Waals surface area (Å²) >= 11 is 0. The fourth-order valence-electron chi connectivity index (χ4n) is 3.43. The Hall–Kier alpha value is -1.64. The van der Waals surface area contributed by atoms with E-state index in [1.807, 2.05) is 4.57 Å². The Bertz CT molecular complexity index is 716. The number of aromatic nitrogens is 3. The molecule has 1 saturated heterocycles. The van der Waals surface area contributed by atoms with Crippen LogP contribution < -0.4 is 10.6 Å². The number of nitrogens with zero attached hydrogens (tertiary/aromatic N) is 4. The third-order valence-electron chi connectivity index (χ3n) is 5.28. The van der Waals surface area contributed by atoms with Crippen molar-refractivity contribution < 1.29 is 8.42 Å². The fourth-order valence-corrected chi connectivity index (χ4v) is 5.10. The Kier molecular flexibility index (Phi) is 9.21. The average molecular weight is 413 g/mol. The van der Waals surface area contributed by atoms with Gasteiger partial charge in [0, 0.05) is 32.1 Å². The molecule has 0 bridgehead atoms. The average Bonchev–Trinajstić information content (AvgIpc) is 3.26. The lowest BCUT2D eigenvalue weighted by Gasteiger charge is -2.19. The number of aliphatic imine (C=N–C) groups is 1. The molecule has 0 aliphatic carbocycles. The lowest BCUT2D eigenvalue weighted by Crippen LogP contribution is -2.45. The highest BCUT2D eigenvalue weighted by molar-refractivity contribution is 7.91. The van der Waals surface area contributed by atoms with Gasteiger partial charge >= 0.3 is 0 Å². The van der Waals surface area contributed by atoms with Crippen LogP contribution in [-0.4, -0.2) is 59.8 Å². The lowest BCUT2D eigenvalue weighted by atomic mass is 10.00. The minimum absolute atomic E-state index is 0.0620. The van der Waals surface area contributed by atoms with E-state index in [9.17, 15) is 8.42 Å². The Morgan fingerprint density at radius 2 is 2.21 bits per heavy atom. The van der Waals surface area contributed by atoms with Gasteiger partial charge < -0.3 is 15.2 Å². The van der Waals surface area contributed by atoms with Gasteiger partial charge in [0.2, 0.25) is 0 Å². The van der Waals surface area contributed by atoms with E-state index >= 15 is 0 Å². The van der Waals surface area contributed by atoms with Gasteiger partial charge in [0.15, 0.2) is 15.8 Å². The summed E-state index contributed by atoms with van der Waals surface area (Å²) in [5.41, 5.74) is 0. The van der Waals surface area contributed by atoms with Crippen molar-refractivity contribution in [2.45, 2.75) is 71.9 Å². The van der Waals surface area contributed by atoms with Crippen molar-refractivity contribution >= 4 is 15.8 Å². The highest BCUT2D eigenvalue weighted by Crippen LogP contribution is 2.14. The van der Waals surface area contributed by atoms with Crippen molar-refractivity contribution in [1.82, 2.24) is 25.4 Å². The van der Waals surface area contributed by atoms with Crippen LogP contribution in [-0.2, 0) is 22.8 Å². The molecule has 9 heteroatoms. The molecule has 0 aromatic carbocycles. The number of hydrogen-bond donors (Lipinski definition) is 2. The van der Waals surface area contributed by atoms with E-state index in [1.165, 1.54) is 19.3 Å². The molecular formula is C19H36N6O2S. The van der Waals surface area contributed by atoms with E-state index in [0.717, 1.165) is 31.8 Å². The Morgan fingerprint density at radius 3 is 2.86 bits per heavy atom. The number of sulfone groups is 1. The molecule has 2 heterocycles. The highest BCUT2D eigenvalue weighted by atomic mass is 32.2. The van der Waals surface area contributed by atoms with Crippen LogP contribution in [0.2, 0.25) is 0 Å². The molecule has 0 spiro atoms. The van der Waals surface area contributed by atoms with Gasteiger partial charge in [0.05, 0.1) is 11.5 Å². The second kappa shape index (κ2) is 11.4. The van der Waals surface area contributed by atoms with Crippen LogP contribution in [0.4, 0.5) is 0 Å². The van der Waals surface area contributed by atoms with Crippen molar-refractivity contribution in [3.05, 3.63) is 12.2 Å². The van der Waals surface area contributed by atoms with E-state index in [0.29, 0.717) is 24.8 Å². The summed E-state index contributed by atoms with van der Waals surface area (Å²) in [6.07, 6.45) is 7.93. The number of guanidine groups is 1. The van der Waals surface area contributed by atoms with Gasteiger partial charge in [0.1, 0.15) is 12.2 Å². The second-order valence-corrected chi connectivity index (χ2v) is 9.80. The van der Waals surface area contributed by atoms with E-state index in [-0.39, 0.29) is 17.5 Å². The topological polar surface area (TPSA) is 101 Å². The third-order valence-corrected chi connectivity index (χ3v) is 7.05. The SMILES string of the molecule is CCCCC(CC)CN=C(NCCn1cnnc1CC)NC1CCS(=O)(=O)C1. The molecule has 160 valence electrons. The molecule has 1 aliphatic heterocycles. The Labute approximate surface area is 169 Å². The molecule has 1 fully saturated rings. The monoisotopic (exact) mass is 412 g/mol. The summed E-state index contributed by atoms with van der Waals surface area (Å²) in [5.74, 6) is 2.68. The molecular weight excluding hydrogens is 376 g/mol. The van der Waals surface area contributed by atoms with Gasteiger partial charge in [-0.25, -0.2) is 8.42 Å². The number of aryl methyl sites for hydroxylation is 1. The van der Waals surface area contributed by atoms with E-state index in [2.05, 4.69) is 41.6 Å². The molecule has 28 heavy (non-hydrogen) atoms. The van der Waals surface area contributed by atoms with Crippen LogP contribution in [0.3, 0.4) is 0 Å². The molecule has 1 aromatic heterocycles. The van der Waals surface area contributed by atoms with Crippen LogP contribution >= 0.6 is 0 Å². The second-order valence-electron chi connectivity index (χ2n) is 7.57. The highest BCUT2D eigenvalue weighted by Gasteiger charge is 2.28. The predicted octanol–water partition coefficient (Wildman–Crippen LogP) is 1.78. The normalized spacial score (nSPS) is 20.2. The van der Waals surface area contributed by atoms with Crippen LogP contribution in [0.1, 0.15) is 58.7 Å². The van der Waals surface area contributed by atoms with Gasteiger partial charge in [-0.15, -0.1) is 10.2 Å². The van der Waals surface area contributed by atoms with Crippen molar-refractivity contribution in [3.63, 3.8) is 0 Å². The van der Waals surface area contributed by atoms with Crippen molar-refractivity contribution in [2.24, 2.45) is 10.9 Å². The Morgan fingerprint density at radius 1 is 1.39 bits per heavy atom. The number of unbranched alkanes of at least 4 members (excludes halogenated alkanes) is 1. The first kappa shape index (κ1) is 22.6. The summed E-state index contributed by atoms with van der Waals surface area (Å²) in [7, 11) is -2.92. The summed E-state index contributed by atoms with van der Waals surface area (Å²) in [6.45, 7) is 8.66. The van der Waals surface area contributed by atoms with Crippen molar-refractivity contribution in [1.29, 1.82) is 0 Å². The molecule has 2 N–H and O–H groups in total. The zero-order valence-corrected chi connectivity index (χ0v) is 18.3. The molecule has 2 rings (SSSR count). The minimum atomic E-state index is -2.92. The minimum Gasteiger partial charge on any atom is -0.355 e. The molecule has 8 nitrogen and oxygen atoms in total. The Balaban J connectivity index is 1.95. The molecule has 0 amide bonds. The van der Waals surface area contributed by atoms with Crippen LogP contribution in [0, 0.1) is 5.92 Å². The molecule has 0 saturated carbocycles. The quantitative estimate of drug-likeness (QED) is 0.424. The summed E-state index contributed by atoms with van der Waals surface area (Å²) in [5, 5.41) is 14.8. The van der Waals surface area contributed by atoms with Crippen LogP contribution in [0.25, 0.3) is 0 Å². The maximum absolute atomic E-state index is 11.8. The van der Waals surface area contributed by atoms with Crippen molar-refractivity contribution in [3.8, 4) is 0 Å². The molecule has 0 radical (unpaired) electrons. The zero-order valence-electron chi connectivity index (χ0n) is 17.5. The van der Waals surface area contributed by atoms with E-state index in [4.69, 9.17) is 4.99 Å². The van der Waals surface area contributed by atoms with Gasteiger partial charge in [-0.2, -0.15) is 0 Å². The third kappa shape index (κ3) is 7.41. The standard InChI is InChI=1S/C19H36N6O2S/c1-4-7-8-16(5-2)13-21-19(23-17-9-12-28(26,27)14-17)20-10-11-25-15-22-24-18(25)6-3/h15-17H,4-14H2,1-3H3,(H2,20,21,23). The molecule has 1 aliphatic rings. The summed E-state index contributed by atoms with van der Waals surface area (Å²) in [6, 6.07) is -0.0620. The molecule has 2 atom stereocenters. The first-order valence-electron chi connectivity index (χ1n) is 10.6. The molecule has 1 aromatic rings. The summed E-state index contributed by atoms with van der Waals surface area (Å²) < 4.78 is 25.6. The first-order valence-corrected chi connectivity index (χ1v) is 12.4. The molecule has 2 unspecified atom stereocenters. The van der Waals surface area contributed by atoms with Crippen molar-refractivity contribution in [2.75, 3.05) is 24.6 Å². The predicted molar refractivity (Wildman–Crippen MR) is 113 cm³/mol. The van der Waals surface area contributed by atoms with E-state index < -0.39 is 9.84 Å². The first-order chi connectivity index (χ1) is 13.5. The largest absolute Gasteiger partial charge is 0.355 e. The van der Waals surface area contributed by atoms with Gasteiger partial charge in [-0.05, 0) is 18.8 Å². The van der Waals surface area contributed by atoms with Gasteiger partial charge in [-0.3, -0.25) is 4.99 Å². The number of rotatable bonds is 11. The van der Waals surface area contributed by atoms with Gasteiger partial charge in [0.25, 0.3) is 0 Å². The number of nitrogens with one attached hydrogen (secondary N) is 2. The van der Waals surface area contributed by atoms with Crippen LogP contribution in [0.15, 0.2) is 11.3 Å². The maximum atomic E-state index is 11.8. The van der Waals surface area contributed by atoms with Crippen LogP contribution in [0.5, 0.6) is 0 Å². The summed E-state index contributed by atoms with van der Waals surface area (Å²) in [4.78, 5) is 4.78. The lowest BCUT2D eigenvalue weighted by molar-refractivity contribution is 0.460. The zero-order chi connectivity index (χ0) is 20.4. The maximum Gasteiger partial charge on any atom is 0.191 e. The fraction of sp³-hybridized carbons (Fsp3) is 0.842. The van der Waals surface area contributed by atoms with E-state index in [1.54, 1.807) is 6.33 Å². The van der Waals surface area contributed by atoms with Gasteiger partial charge in [-0.1, -0.05) is 40.0 Å². The smallest absolute Gasteiger partial charge is 0.191 e.